The van der Waals surface area contributed by atoms with Gasteiger partial charge < -0.3 is 9.88 Å². The van der Waals surface area contributed by atoms with Gasteiger partial charge in [0.25, 0.3) is 0 Å². The molecule has 0 spiro atoms. The number of anilines is 1. The van der Waals surface area contributed by atoms with Crippen molar-refractivity contribution in [3.8, 4) is 0 Å². The maximum atomic E-state index is 13.1. The maximum Gasteiger partial charge on any atom is 0.244 e. The van der Waals surface area contributed by atoms with Crippen molar-refractivity contribution in [3.05, 3.63) is 65.0 Å². The molecule has 0 bridgehead atoms. The summed E-state index contributed by atoms with van der Waals surface area (Å²) in [7, 11) is 0. The number of carbonyl (C=O) groups is 1. The summed E-state index contributed by atoms with van der Waals surface area (Å²) in [6, 6.07) is 13.7. The van der Waals surface area contributed by atoms with E-state index in [0.29, 0.717) is 5.69 Å². The minimum absolute atomic E-state index is 0.182. The fraction of sp³-hybridized carbons (Fsp3) is 0.0625. The highest BCUT2D eigenvalue weighted by atomic mass is 79.9. The summed E-state index contributed by atoms with van der Waals surface area (Å²) >= 11 is 3.42. The Morgan fingerprint density at radius 2 is 2.05 bits per heavy atom. The molecule has 0 atom stereocenters. The number of aromatic nitrogens is 1. The molecule has 3 aromatic rings. The highest BCUT2D eigenvalue weighted by molar-refractivity contribution is 9.10. The van der Waals surface area contributed by atoms with Gasteiger partial charge in [-0.05, 0) is 42.5 Å². The number of hydrogen-bond donors (Lipinski definition) is 1. The van der Waals surface area contributed by atoms with Gasteiger partial charge in [-0.3, -0.25) is 4.79 Å². The summed E-state index contributed by atoms with van der Waals surface area (Å²) in [4.78, 5) is 12.0. The smallest absolute Gasteiger partial charge is 0.244 e. The van der Waals surface area contributed by atoms with Crippen LogP contribution in [0.25, 0.3) is 10.9 Å². The number of fused-ring (bicyclic) bond motifs is 1. The zero-order valence-corrected chi connectivity index (χ0v) is 12.6. The normalized spacial score (nSPS) is 10.8. The van der Waals surface area contributed by atoms with Crippen molar-refractivity contribution in [1.29, 1.82) is 0 Å². The molecule has 3 rings (SSSR count). The first-order valence-electron chi connectivity index (χ1n) is 6.42. The number of rotatable bonds is 3. The molecule has 2 aromatic carbocycles. The van der Waals surface area contributed by atoms with Crippen LogP contribution in [-0.4, -0.2) is 10.5 Å². The molecule has 1 aromatic heterocycles. The molecule has 0 saturated carbocycles. The third kappa shape index (κ3) is 3.13. The zero-order chi connectivity index (χ0) is 14.8. The number of carbonyl (C=O) groups excluding carboxylic acids is 1. The number of amides is 1. The Hall–Kier alpha value is -2.14. The highest BCUT2D eigenvalue weighted by Crippen LogP contribution is 2.21. The largest absolute Gasteiger partial charge is 0.338 e. The van der Waals surface area contributed by atoms with Crippen molar-refractivity contribution in [2.24, 2.45) is 0 Å². The van der Waals surface area contributed by atoms with E-state index in [1.807, 2.05) is 35.0 Å². The molecule has 0 aliphatic rings. The van der Waals surface area contributed by atoms with Crippen LogP contribution in [0, 0.1) is 5.82 Å². The van der Waals surface area contributed by atoms with Gasteiger partial charge in [0.05, 0.1) is 0 Å². The zero-order valence-electron chi connectivity index (χ0n) is 11.0. The van der Waals surface area contributed by atoms with Crippen molar-refractivity contribution < 1.29 is 9.18 Å². The molecule has 3 nitrogen and oxygen atoms in total. The molecular weight excluding hydrogens is 335 g/mol. The van der Waals surface area contributed by atoms with E-state index in [1.54, 1.807) is 12.1 Å². The van der Waals surface area contributed by atoms with Gasteiger partial charge in [0.15, 0.2) is 0 Å². The monoisotopic (exact) mass is 346 g/mol. The summed E-state index contributed by atoms with van der Waals surface area (Å²) in [6.07, 6.45) is 1.86. The molecule has 0 aliphatic heterocycles. The summed E-state index contributed by atoms with van der Waals surface area (Å²) in [6.45, 7) is 0.182. The molecule has 0 unspecified atom stereocenters. The van der Waals surface area contributed by atoms with Gasteiger partial charge >= 0.3 is 0 Å². The Morgan fingerprint density at radius 1 is 1.19 bits per heavy atom. The number of nitrogens with zero attached hydrogens (tertiary/aromatic N) is 1. The number of nitrogens with one attached hydrogen (secondary N) is 1. The molecule has 1 N–H and O–H groups in total. The second kappa shape index (κ2) is 5.69. The molecule has 21 heavy (non-hydrogen) atoms. The Bertz CT molecular complexity index is 813. The second-order valence-electron chi connectivity index (χ2n) is 4.71. The van der Waals surface area contributed by atoms with E-state index in [4.69, 9.17) is 0 Å². The van der Waals surface area contributed by atoms with Crippen molar-refractivity contribution in [3.63, 3.8) is 0 Å². The quantitative estimate of drug-likeness (QED) is 0.758. The SMILES string of the molecule is O=C(Cn1ccc2cc(Br)ccc21)Nc1cccc(F)c1. The summed E-state index contributed by atoms with van der Waals surface area (Å²) < 4.78 is 15.9. The van der Waals surface area contributed by atoms with Crippen LogP contribution in [-0.2, 0) is 11.3 Å². The molecule has 106 valence electrons. The summed E-state index contributed by atoms with van der Waals surface area (Å²) in [5.74, 6) is -0.565. The molecule has 0 radical (unpaired) electrons. The lowest BCUT2D eigenvalue weighted by atomic mass is 10.2. The van der Waals surface area contributed by atoms with Gasteiger partial charge in [-0.1, -0.05) is 22.0 Å². The number of halogens is 2. The van der Waals surface area contributed by atoms with Gasteiger partial charge in [0.1, 0.15) is 12.4 Å². The molecule has 1 heterocycles. The predicted molar refractivity (Wildman–Crippen MR) is 84.7 cm³/mol. The van der Waals surface area contributed by atoms with Gasteiger partial charge in [-0.25, -0.2) is 4.39 Å². The van der Waals surface area contributed by atoms with Crippen LogP contribution in [0.15, 0.2) is 59.2 Å². The predicted octanol–water partition coefficient (Wildman–Crippen LogP) is 4.18. The van der Waals surface area contributed by atoms with Crippen LogP contribution in [0.3, 0.4) is 0 Å². The van der Waals surface area contributed by atoms with Gasteiger partial charge in [0.2, 0.25) is 5.91 Å². The van der Waals surface area contributed by atoms with Crippen molar-refractivity contribution >= 4 is 38.4 Å². The van der Waals surface area contributed by atoms with Crippen LogP contribution in [0.2, 0.25) is 0 Å². The Morgan fingerprint density at radius 3 is 2.86 bits per heavy atom. The lowest BCUT2D eigenvalue weighted by Gasteiger charge is -2.07. The first kappa shape index (κ1) is 13.8. The van der Waals surface area contributed by atoms with Gasteiger partial charge in [-0.2, -0.15) is 0 Å². The van der Waals surface area contributed by atoms with E-state index in [-0.39, 0.29) is 18.3 Å². The molecule has 0 saturated heterocycles. The topological polar surface area (TPSA) is 34.0 Å². The van der Waals surface area contributed by atoms with Crippen molar-refractivity contribution in [2.75, 3.05) is 5.32 Å². The van der Waals surface area contributed by atoms with Crippen LogP contribution < -0.4 is 5.32 Å². The lowest BCUT2D eigenvalue weighted by molar-refractivity contribution is -0.116. The maximum absolute atomic E-state index is 13.1. The average molecular weight is 347 g/mol. The molecule has 5 heteroatoms. The van der Waals surface area contributed by atoms with E-state index in [1.165, 1.54) is 12.1 Å². The van der Waals surface area contributed by atoms with Gasteiger partial charge in [0, 0.05) is 27.3 Å². The number of benzene rings is 2. The van der Waals surface area contributed by atoms with Crippen molar-refractivity contribution in [1.82, 2.24) is 4.57 Å². The molecular formula is C16H12BrFN2O. The number of hydrogen-bond acceptors (Lipinski definition) is 1. The molecule has 0 fully saturated rings. The fourth-order valence-corrected chi connectivity index (χ4v) is 2.61. The van der Waals surface area contributed by atoms with Crippen LogP contribution in [0.1, 0.15) is 0 Å². The third-order valence-corrected chi connectivity index (χ3v) is 3.65. The summed E-state index contributed by atoms with van der Waals surface area (Å²) in [5, 5.41) is 3.75. The van der Waals surface area contributed by atoms with E-state index in [9.17, 15) is 9.18 Å². The Balaban J connectivity index is 1.77. The van der Waals surface area contributed by atoms with Crippen LogP contribution in [0.4, 0.5) is 10.1 Å². The first-order chi connectivity index (χ1) is 10.1. The minimum Gasteiger partial charge on any atom is -0.338 e. The van der Waals surface area contributed by atoms with Crippen LogP contribution in [0.5, 0.6) is 0 Å². The fourth-order valence-electron chi connectivity index (χ4n) is 2.23. The van der Waals surface area contributed by atoms with E-state index in [2.05, 4.69) is 21.2 Å². The summed E-state index contributed by atoms with van der Waals surface area (Å²) in [5.41, 5.74) is 1.44. The first-order valence-corrected chi connectivity index (χ1v) is 7.21. The second-order valence-corrected chi connectivity index (χ2v) is 5.62. The molecule has 0 aliphatic carbocycles. The third-order valence-electron chi connectivity index (χ3n) is 3.16. The van der Waals surface area contributed by atoms with E-state index < -0.39 is 0 Å². The lowest BCUT2D eigenvalue weighted by Crippen LogP contribution is -2.18. The Labute approximate surface area is 129 Å². The minimum atomic E-state index is -0.371. The van der Waals surface area contributed by atoms with E-state index in [0.717, 1.165) is 15.4 Å². The van der Waals surface area contributed by atoms with Crippen LogP contribution >= 0.6 is 15.9 Å². The van der Waals surface area contributed by atoms with Crippen molar-refractivity contribution in [2.45, 2.75) is 6.54 Å². The van der Waals surface area contributed by atoms with E-state index >= 15 is 0 Å². The standard InChI is InChI=1S/C16H12BrFN2O/c17-12-4-5-15-11(8-12)6-7-20(15)10-16(21)19-14-3-1-2-13(18)9-14/h1-9H,10H2,(H,19,21). The highest BCUT2D eigenvalue weighted by Gasteiger charge is 2.07. The van der Waals surface area contributed by atoms with Gasteiger partial charge in [-0.15, -0.1) is 0 Å². The average Bonchev–Trinajstić information content (AvgIpc) is 2.81. The Kier molecular flexibility index (Phi) is 3.75. The molecule has 1 amide bonds.